The van der Waals surface area contributed by atoms with Crippen LogP contribution in [-0.4, -0.2) is 34.5 Å². The van der Waals surface area contributed by atoms with Crippen LogP contribution in [-0.2, 0) is 4.74 Å². The van der Waals surface area contributed by atoms with Gasteiger partial charge in [0.15, 0.2) is 0 Å². The largest absolute Gasteiger partial charge is 0.394 e. The molecule has 1 aromatic rings. The van der Waals surface area contributed by atoms with Gasteiger partial charge in [-0.2, -0.15) is 0 Å². The average Bonchev–Trinajstić information content (AvgIpc) is 2.38. The van der Waals surface area contributed by atoms with Crippen LogP contribution in [0.2, 0.25) is 0 Å². The minimum absolute atomic E-state index is 0.0983. The summed E-state index contributed by atoms with van der Waals surface area (Å²) in [5, 5.41) is 8.97. The van der Waals surface area contributed by atoms with Crippen LogP contribution in [0.1, 0.15) is 33.2 Å². The molecule has 2 atom stereocenters. The summed E-state index contributed by atoms with van der Waals surface area (Å²) in [6.45, 7) is 5.72. The van der Waals surface area contributed by atoms with Gasteiger partial charge in [-0.05, 0) is 13.3 Å². The minimum atomic E-state index is -0.451. The van der Waals surface area contributed by atoms with E-state index in [2.05, 4.69) is 4.98 Å². The summed E-state index contributed by atoms with van der Waals surface area (Å²) in [5.41, 5.74) is -0.869. The van der Waals surface area contributed by atoms with E-state index in [9.17, 15) is 9.59 Å². The molecule has 0 radical (unpaired) electrons. The fraction of sp³-hybridized carbons (Fsp3) is 0.667. The van der Waals surface area contributed by atoms with Gasteiger partial charge in [0.05, 0.1) is 12.7 Å². The Hall–Kier alpha value is -1.40. The normalized spacial score (nSPS) is 13.4. The number of aromatic amines is 1. The van der Waals surface area contributed by atoms with Crippen molar-refractivity contribution in [2.75, 3.05) is 13.7 Å². The first-order valence-electron chi connectivity index (χ1n) is 6.03. The topological polar surface area (TPSA) is 84.3 Å². The van der Waals surface area contributed by atoms with Crippen molar-refractivity contribution in [3.8, 4) is 0 Å². The lowest BCUT2D eigenvalue weighted by Gasteiger charge is -2.19. The molecule has 2 unspecified atom stereocenters. The molecule has 1 aromatic heterocycles. The molecule has 0 spiro atoms. The zero-order valence-electron chi connectivity index (χ0n) is 11.3. The van der Waals surface area contributed by atoms with Crippen LogP contribution in [0.15, 0.2) is 21.9 Å². The lowest BCUT2D eigenvalue weighted by Crippen LogP contribution is -2.32. The summed E-state index contributed by atoms with van der Waals surface area (Å²) in [5.74, 6) is 0. The zero-order valence-corrected chi connectivity index (χ0v) is 11.3. The predicted molar refractivity (Wildman–Crippen MR) is 69.9 cm³/mol. The zero-order chi connectivity index (χ0) is 14.1. The van der Waals surface area contributed by atoms with E-state index in [0.717, 1.165) is 0 Å². The van der Waals surface area contributed by atoms with E-state index >= 15 is 0 Å². The molecule has 6 heteroatoms. The van der Waals surface area contributed by atoms with E-state index in [0.29, 0.717) is 6.42 Å². The quantitative estimate of drug-likeness (QED) is 0.806. The van der Waals surface area contributed by atoms with Gasteiger partial charge in [0.2, 0.25) is 0 Å². The van der Waals surface area contributed by atoms with Crippen molar-refractivity contribution in [2.24, 2.45) is 0 Å². The first-order chi connectivity index (χ1) is 8.58. The van der Waals surface area contributed by atoms with E-state index in [1.165, 1.54) is 23.9 Å². The number of rotatable bonds is 5. The van der Waals surface area contributed by atoms with Gasteiger partial charge in [-0.1, -0.05) is 13.8 Å². The van der Waals surface area contributed by atoms with Gasteiger partial charge in [0.1, 0.15) is 0 Å². The lowest BCUT2D eigenvalue weighted by atomic mass is 10.1. The number of aliphatic hydroxyl groups is 1. The number of methoxy groups -OCH3 is 1. The van der Waals surface area contributed by atoms with E-state index in [-0.39, 0.29) is 18.8 Å². The van der Waals surface area contributed by atoms with E-state index in [1.54, 1.807) is 0 Å². The monoisotopic (exact) mass is 258 g/mol. The molecule has 104 valence electrons. The van der Waals surface area contributed by atoms with E-state index in [1.807, 2.05) is 20.8 Å². The van der Waals surface area contributed by atoms with E-state index < -0.39 is 11.2 Å². The van der Waals surface area contributed by atoms with Gasteiger partial charge < -0.3 is 9.84 Å². The third kappa shape index (κ3) is 4.85. The van der Waals surface area contributed by atoms with Gasteiger partial charge in [0.25, 0.3) is 5.56 Å². The number of ether oxygens (including phenoxy) is 1. The molecule has 6 nitrogen and oxygen atoms in total. The molecule has 0 bridgehead atoms. The average molecular weight is 258 g/mol. The molecule has 2 N–H and O–H groups in total. The number of hydrogen-bond acceptors (Lipinski definition) is 4. The Morgan fingerprint density at radius 2 is 2.06 bits per heavy atom. The molecule has 0 amide bonds. The lowest BCUT2D eigenvalue weighted by molar-refractivity contribution is 0.0341. The summed E-state index contributed by atoms with van der Waals surface area (Å²) in [7, 11) is 1.50. The minimum Gasteiger partial charge on any atom is -0.394 e. The van der Waals surface area contributed by atoms with Crippen LogP contribution in [0.5, 0.6) is 0 Å². The molecule has 0 fully saturated rings. The molecular formula is C12H22N2O4. The third-order valence-corrected chi connectivity index (χ3v) is 2.47. The molecule has 1 rings (SSSR count). The Morgan fingerprint density at radius 1 is 1.44 bits per heavy atom. The predicted octanol–water partition coefficient (Wildman–Crippen LogP) is 0.521. The summed E-state index contributed by atoms with van der Waals surface area (Å²) in [6.07, 6.45) is 1.63. The maximum Gasteiger partial charge on any atom is 0.328 e. The second-order valence-corrected chi connectivity index (χ2v) is 3.64. The Kier molecular flexibility index (Phi) is 7.98. The van der Waals surface area contributed by atoms with E-state index in [4.69, 9.17) is 9.84 Å². The van der Waals surface area contributed by atoms with Gasteiger partial charge >= 0.3 is 5.69 Å². The molecule has 0 aromatic carbocycles. The Labute approximate surface area is 106 Å². The standard InChI is InChI=1S/C10H16N2O4.C2H6/c1-7(5-8(6-13)16-2)12-4-3-9(14)11-10(12)15;1-2/h3-4,7-8,13H,5-6H2,1-2H3,(H,11,14,15);1-2H3. The van der Waals surface area contributed by atoms with Crippen molar-refractivity contribution in [2.45, 2.75) is 39.3 Å². The summed E-state index contributed by atoms with van der Waals surface area (Å²) >= 11 is 0. The maximum absolute atomic E-state index is 11.4. The second kappa shape index (κ2) is 8.66. The number of nitrogens with zero attached hydrogens (tertiary/aromatic N) is 1. The number of nitrogens with one attached hydrogen (secondary N) is 1. The van der Waals surface area contributed by atoms with Crippen LogP contribution in [0.25, 0.3) is 0 Å². The Balaban J connectivity index is 0.00000137. The van der Waals surface area contributed by atoms with Crippen molar-refractivity contribution in [1.29, 1.82) is 0 Å². The molecular weight excluding hydrogens is 236 g/mol. The highest BCUT2D eigenvalue weighted by Crippen LogP contribution is 2.11. The summed E-state index contributed by atoms with van der Waals surface area (Å²) < 4.78 is 6.42. The van der Waals surface area contributed by atoms with Gasteiger partial charge in [-0.15, -0.1) is 0 Å². The number of hydrogen-bond donors (Lipinski definition) is 2. The second-order valence-electron chi connectivity index (χ2n) is 3.64. The molecule has 0 aliphatic rings. The van der Waals surface area contributed by atoms with Crippen molar-refractivity contribution >= 4 is 0 Å². The van der Waals surface area contributed by atoms with Gasteiger partial charge in [-0.3, -0.25) is 14.3 Å². The van der Waals surface area contributed by atoms with Crippen molar-refractivity contribution in [3.63, 3.8) is 0 Å². The maximum atomic E-state index is 11.4. The van der Waals surface area contributed by atoms with Crippen molar-refractivity contribution < 1.29 is 9.84 Å². The highest BCUT2D eigenvalue weighted by molar-refractivity contribution is 4.85. The first kappa shape index (κ1) is 16.6. The Morgan fingerprint density at radius 3 is 2.50 bits per heavy atom. The fourth-order valence-electron chi connectivity index (χ4n) is 1.51. The molecule has 0 saturated carbocycles. The van der Waals surface area contributed by atoms with Crippen LogP contribution < -0.4 is 11.2 Å². The van der Waals surface area contributed by atoms with Crippen LogP contribution in [0.4, 0.5) is 0 Å². The van der Waals surface area contributed by atoms with Crippen LogP contribution in [0, 0.1) is 0 Å². The summed E-state index contributed by atoms with van der Waals surface area (Å²) in [4.78, 5) is 24.5. The molecule has 0 aliphatic heterocycles. The number of H-pyrrole nitrogens is 1. The molecule has 0 aliphatic carbocycles. The van der Waals surface area contributed by atoms with Crippen LogP contribution >= 0.6 is 0 Å². The Bertz CT molecular complexity index is 434. The number of aliphatic hydroxyl groups excluding tert-OH is 1. The highest BCUT2D eigenvalue weighted by atomic mass is 16.5. The SMILES string of the molecule is CC.COC(CO)CC(C)n1ccc(=O)[nH]c1=O. The van der Waals surface area contributed by atoms with Crippen molar-refractivity contribution in [3.05, 3.63) is 33.1 Å². The fourth-order valence-corrected chi connectivity index (χ4v) is 1.51. The van der Waals surface area contributed by atoms with Crippen LogP contribution in [0.3, 0.4) is 0 Å². The summed E-state index contributed by atoms with van der Waals surface area (Å²) in [6, 6.07) is 1.14. The number of aromatic nitrogens is 2. The highest BCUT2D eigenvalue weighted by Gasteiger charge is 2.13. The smallest absolute Gasteiger partial charge is 0.328 e. The third-order valence-electron chi connectivity index (χ3n) is 2.47. The van der Waals surface area contributed by atoms with Gasteiger partial charge in [0, 0.05) is 25.4 Å². The first-order valence-corrected chi connectivity index (χ1v) is 6.03. The molecule has 18 heavy (non-hydrogen) atoms. The molecule has 1 heterocycles. The molecule has 0 saturated heterocycles. The van der Waals surface area contributed by atoms with Gasteiger partial charge in [-0.25, -0.2) is 4.79 Å². The van der Waals surface area contributed by atoms with Crippen molar-refractivity contribution in [1.82, 2.24) is 9.55 Å².